The second-order valence-corrected chi connectivity index (χ2v) is 13.3. The molecule has 8 nitrogen and oxygen atoms in total. The van der Waals surface area contributed by atoms with Crippen LogP contribution < -0.4 is 10.2 Å². The second kappa shape index (κ2) is 11.5. The Morgan fingerprint density at radius 3 is 2.42 bits per heavy atom. The molecule has 3 atom stereocenters. The van der Waals surface area contributed by atoms with Crippen LogP contribution in [0.2, 0.25) is 0 Å². The number of allylic oxidation sites excluding steroid dienone is 4. The number of rotatable bonds is 7. The van der Waals surface area contributed by atoms with E-state index in [0.29, 0.717) is 43.5 Å². The monoisotopic (exact) mass is 600 g/mol. The Bertz CT molecular complexity index is 1290. The van der Waals surface area contributed by atoms with E-state index in [-0.39, 0.29) is 41.9 Å². The van der Waals surface area contributed by atoms with Crippen molar-refractivity contribution in [3.05, 3.63) is 53.0 Å². The first-order valence-electron chi connectivity index (χ1n) is 13.2. The van der Waals surface area contributed by atoms with Gasteiger partial charge in [0.25, 0.3) is 0 Å². The van der Waals surface area contributed by atoms with Crippen LogP contribution in [0.15, 0.2) is 47.4 Å². The maximum Gasteiger partial charge on any atom is 0.421 e. The Morgan fingerprint density at radius 1 is 1.15 bits per heavy atom. The maximum absolute atomic E-state index is 13.6. The zero-order chi connectivity index (χ0) is 29.5. The number of carbonyl (C=O) groups is 1. The Kier molecular flexibility index (Phi) is 8.82. The maximum atomic E-state index is 13.6. The molecule has 1 aliphatic carbocycles. The van der Waals surface area contributed by atoms with Crippen molar-refractivity contribution >= 4 is 38.7 Å². The minimum atomic E-state index is -4.85. The standard InChI is InChI=1S/C27H35F3N4O4S2/c1-18(2)24-25(35)31-12-13-32(24)16-21-17-33(40(37,38)23-7-5-4-6-22(23)39)14-15-34(21)20-10-8-19(9-11-20)26(3,36)27(28,29)30/h4-5,7-11,18,21,24,36H,6,12-17H2,1-3H3,(H,31,35)/t21-,24-,26-/m0/s1. The van der Waals surface area contributed by atoms with Crippen molar-refractivity contribution < 1.29 is 31.5 Å². The lowest BCUT2D eigenvalue weighted by Gasteiger charge is -2.46. The molecule has 4 rings (SSSR count). The molecule has 1 aromatic carbocycles. The second-order valence-electron chi connectivity index (χ2n) is 10.9. The fourth-order valence-corrected chi connectivity index (χ4v) is 7.58. The Balaban J connectivity index is 1.66. The van der Waals surface area contributed by atoms with Crippen LogP contribution in [0.5, 0.6) is 0 Å². The minimum Gasteiger partial charge on any atom is -0.376 e. The van der Waals surface area contributed by atoms with Crippen LogP contribution >= 0.6 is 12.2 Å². The number of piperazine rings is 2. The molecule has 0 aromatic heterocycles. The SMILES string of the molecule is CC(C)[C@H]1C(=O)NCCN1C[C@H]1CN(S(=O)(=O)C2=CC=CCC2=S)CCN1c1ccc([C@](C)(O)C(F)(F)F)cc1. The van der Waals surface area contributed by atoms with E-state index < -0.39 is 33.9 Å². The number of benzene rings is 1. The number of nitrogens with zero attached hydrogens (tertiary/aromatic N) is 3. The van der Waals surface area contributed by atoms with Crippen LogP contribution in [0.1, 0.15) is 32.8 Å². The minimum absolute atomic E-state index is 0.0117. The number of alkyl halides is 3. The Hall–Kier alpha value is -2.32. The van der Waals surface area contributed by atoms with Gasteiger partial charge in [-0.2, -0.15) is 17.5 Å². The zero-order valence-electron chi connectivity index (χ0n) is 22.7. The van der Waals surface area contributed by atoms with Gasteiger partial charge in [0.2, 0.25) is 15.9 Å². The number of halogens is 3. The molecule has 2 N–H and O–H groups in total. The Labute approximate surface area is 238 Å². The van der Waals surface area contributed by atoms with Gasteiger partial charge in [-0.25, -0.2) is 8.42 Å². The van der Waals surface area contributed by atoms with Crippen LogP contribution in [-0.2, 0) is 20.4 Å². The average Bonchev–Trinajstić information content (AvgIpc) is 2.88. The van der Waals surface area contributed by atoms with Gasteiger partial charge in [-0.05, 0) is 36.6 Å². The van der Waals surface area contributed by atoms with E-state index >= 15 is 0 Å². The van der Waals surface area contributed by atoms with Crippen LogP contribution in [0, 0.1) is 5.92 Å². The summed E-state index contributed by atoms with van der Waals surface area (Å²) in [7, 11) is -3.88. The summed E-state index contributed by atoms with van der Waals surface area (Å²) in [6.45, 7) is 6.57. The van der Waals surface area contributed by atoms with E-state index in [4.69, 9.17) is 12.2 Å². The molecule has 1 amide bonds. The van der Waals surface area contributed by atoms with Crippen LogP contribution in [0.3, 0.4) is 0 Å². The molecular weight excluding hydrogens is 565 g/mol. The van der Waals surface area contributed by atoms with E-state index in [9.17, 15) is 31.5 Å². The highest BCUT2D eigenvalue weighted by Gasteiger charge is 2.51. The van der Waals surface area contributed by atoms with Crippen molar-refractivity contribution in [3.63, 3.8) is 0 Å². The molecule has 13 heteroatoms. The molecule has 0 unspecified atom stereocenters. The number of thiocarbonyl (C=S) groups is 1. The molecule has 0 bridgehead atoms. The van der Waals surface area contributed by atoms with Crippen LogP contribution in [0.25, 0.3) is 0 Å². The number of hydrogen-bond donors (Lipinski definition) is 2. The van der Waals surface area contributed by atoms with Gasteiger partial charge in [-0.15, -0.1) is 0 Å². The fraction of sp³-hybridized carbons (Fsp3) is 0.556. The first kappa shape index (κ1) is 30.6. The summed E-state index contributed by atoms with van der Waals surface area (Å²) in [6.07, 6.45) is 0.512. The van der Waals surface area contributed by atoms with E-state index in [2.05, 4.69) is 5.32 Å². The molecule has 2 heterocycles. The highest BCUT2D eigenvalue weighted by molar-refractivity contribution is 7.96. The molecule has 40 heavy (non-hydrogen) atoms. The lowest BCUT2D eigenvalue weighted by Crippen LogP contribution is -2.63. The molecular formula is C27H35F3N4O4S2. The van der Waals surface area contributed by atoms with Gasteiger partial charge < -0.3 is 15.3 Å². The summed E-state index contributed by atoms with van der Waals surface area (Å²) in [4.78, 5) is 17.2. The van der Waals surface area contributed by atoms with Crippen molar-refractivity contribution in [2.45, 2.75) is 51.1 Å². The summed E-state index contributed by atoms with van der Waals surface area (Å²) < 4.78 is 68.8. The third-order valence-corrected chi connectivity index (χ3v) is 10.2. The first-order valence-corrected chi connectivity index (χ1v) is 15.1. The van der Waals surface area contributed by atoms with Gasteiger partial charge in [0.15, 0.2) is 5.60 Å². The highest BCUT2D eigenvalue weighted by Crippen LogP contribution is 2.39. The molecule has 0 saturated carbocycles. The number of hydrogen-bond acceptors (Lipinski definition) is 7. The lowest BCUT2D eigenvalue weighted by atomic mass is 9.95. The van der Waals surface area contributed by atoms with Crippen molar-refractivity contribution in [1.29, 1.82) is 0 Å². The molecule has 3 aliphatic rings. The summed E-state index contributed by atoms with van der Waals surface area (Å²) in [5.41, 5.74) is -2.70. The van der Waals surface area contributed by atoms with E-state index in [1.165, 1.54) is 34.6 Å². The third kappa shape index (κ3) is 5.98. The molecule has 2 saturated heterocycles. The molecule has 2 aliphatic heterocycles. The summed E-state index contributed by atoms with van der Waals surface area (Å²) in [6, 6.07) is 4.71. The smallest absolute Gasteiger partial charge is 0.376 e. The average molecular weight is 601 g/mol. The van der Waals surface area contributed by atoms with E-state index in [0.717, 1.165) is 0 Å². The topological polar surface area (TPSA) is 93.2 Å². The fourth-order valence-electron chi connectivity index (χ4n) is 5.51. The number of sulfonamides is 1. The highest BCUT2D eigenvalue weighted by atomic mass is 32.2. The normalized spacial score (nSPS) is 25.1. The van der Waals surface area contributed by atoms with Crippen LogP contribution in [0.4, 0.5) is 18.9 Å². The van der Waals surface area contributed by atoms with Gasteiger partial charge in [0.05, 0.1) is 17.0 Å². The number of aliphatic hydroxyl groups is 1. The summed E-state index contributed by atoms with van der Waals surface area (Å²) in [5.74, 6) is -0.0751. The van der Waals surface area contributed by atoms with Gasteiger partial charge in [0.1, 0.15) is 0 Å². The van der Waals surface area contributed by atoms with Crippen molar-refractivity contribution in [2.24, 2.45) is 5.92 Å². The molecule has 1 aromatic rings. The molecule has 220 valence electrons. The molecule has 0 spiro atoms. The van der Waals surface area contributed by atoms with Crippen molar-refractivity contribution in [2.75, 3.05) is 44.2 Å². The first-order chi connectivity index (χ1) is 18.6. The predicted molar refractivity (Wildman–Crippen MR) is 151 cm³/mol. The summed E-state index contributed by atoms with van der Waals surface area (Å²) >= 11 is 5.34. The van der Waals surface area contributed by atoms with E-state index in [1.807, 2.05) is 23.6 Å². The Morgan fingerprint density at radius 2 is 1.82 bits per heavy atom. The van der Waals surface area contributed by atoms with Crippen LogP contribution in [-0.4, -0.2) is 91.0 Å². The van der Waals surface area contributed by atoms with Crippen molar-refractivity contribution in [3.8, 4) is 0 Å². The number of carbonyl (C=O) groups excluding carboxylic acids is 1. The van der Waals surface area contributed by atoms with E-state index in [1.54, 1.807) is 12.2 Å². The van der Waals surface area contributed by atoms with Gasteiger partial charge in [-0.3, -0.25) is 9.69 Å². The molecule has 0 radical (unpaired) electrons. The molecule has 2 fully saturated rings. The number of anilines is 1. The lowest BCUT2D eigenvalue weighted by molar-refractivity contribution is -0.258. The number of nitrogens with one attached hydrogen (secondary N) is 1. The largest absolute Gasteiger partial charge is 0.421 e. The van der Waals surface area contributed by atoms with Gasteiger partial charge in [-0.1, -0.05) is 50.4 Å². The number of amides is 1. The van der Waals surface area contributed by atoms with Gasteiger partial charge in [0, 0.05) is 56.2 Å². The van der Waals surface area contributed by atoms with Crippen molar-refractivity contribution in [1.82, 2.24) is 14.5 Å². The van der Waals surface area contributed by atoms with Gasteiger partial charge >= 0.3 is 6.18 Å². The summed E-state index contributed by atoms with van der Waals surface area (Å²) in [5, 5.41) is 13.0. The predicted octanol–water partition coefficient (Wildman–Crippen LogP) is 2.95. The third-order valence-electron chi connectivity index (χ3n) is 7.78. The zero-order valence-corrected chi connectivity index (χ0v) is 24.3. The quantitative estimate of drug-likeness (QED) is 0.465.